The molecule has 5 heteroatoms. The van der Waals surface area contributed by atoms with Crippen LogP contribution in [0.3, 0.4) is 0 Å². The first kappa shape index (κ1) is 17.7. The first-order valence-corrected chi connectivity index (χ1v) is 9.19. The van der Waals surface area contributed by atoms with E-state index in [0.29, 0.717) is 31.6 Å². The monoisotopic (exact) mass is 341 g/mol. The largest absolute Gasteiger partial charge is 0.376 e. The van der Waals surface area contributed by atoms with Crippen LogP contribution in [0.2, 0.25) is 0 Å². The lowest BCUT2D eigenvalue weighted by atomic mass is 9.88. The van der Waals surface area contributed by atoms with E-state index in [0.717, 1.165) is 17.7 Å². The Balaban J connectivity index is 1.37. The highest BCUT2D eigenvalue weighted by atomic mass is 16.5. The third-order valence-electron chi connectivity index (χ3n) is 4.86. The summed E-state index contributed by atoms with van der Waals surface area (Å²) in [6.45, 7) is 3.43. The van der Waals surface area contributed by atoms with Crippen LogP contribution in [0.25, 0.3) is 5.69 Å². The molecule has 1 aliphatic rings. The van der Waals surface area contributed by atoms with Crippen LogP contribution < -0.4 is 5.32 Å². The molecule has 1 N–H and O–H groups in total. The molecule has 0 bridgehead atoms. The van der Waals surface area contributed by atoms with Crippen LogP contribution in [-0.4, -0.2) is 34.9 Å². The normalized spacial score (nSPS) is 20.4. The van der Waals surface area contributed by atoms with Crippen molar-refractivity contribution in [2.75, 3.05) is 13.2 Å². The van der Waals surface area contributed by atoms with Crippen LogP contribution in [-0.2, 0) is 16.0 Å². The predicted molar refractivity (Wildman–Crippen MR) is 97.6 cm³/mol. The van der Waals surface area contributed by atoms with E-state index in [2.05, 4.69) is 17.3 Å². The van der Waals surface area contributed by atoms with Gasteiger partial charge < -0.3 is 10.1 Å². The molecule has 1 aliphatic carbocycles. The van der Waals surface area contributed by atoms with E-state index in [9.17, 15) is 4.79 Å². The number of hydrogen-bond donors (Lipinski definition) is 1. The summed E-state index contributed by atoms with van der Waals surface area (Å²) in [6.07, 6.45) is 9.38. The zero-order valence-electron chi connectivity index (χ0n) is 14.9. The number of nitrogens with zero attached hydrogens (tertiary/aromatic N) is 2. The summed E-state index contributed by atoms with van der Waals surface area (Å²) in [4.78, 5) is 12.1. The highest BCUT2D eigenvalue weighted by Crippen LogP contribution is 2.25. The van der Waals surface area contributed by atoms with Crippen LogP contribution in [0.4, 0.5) is 0 Å². The maximum absolute atomic E-state index is 12.1. The summed E-state index contributed by atoms with van der Waals surface area (Å²) in [5.74, 6) is 0.671. The van der Waals surface area contributed by atoms with Crippen LogP contribution in [0.1, 0.15) is 38.2 Å². The summed E-state index contributed by atoms with van der Waals surface area (Å²) < 4.78 is 7.73. The molecule has 25 heavy (non-hydrogen) atoms. The number of carbonyl (C=O) groups excluding carboxylic acids is 1. The number of ether oxygens (including phenoxy) is 1. The number of benzene rings is 1. The maximum atomic E-state index is 12.1. The number of amides is 1. The number of carbonyl (C=O) groups is 1. The lowest BCUT2D eigenvalue weighted by molar-refractivity contribution is -0.120. The van der Waals surface area contributed by atoms with Gasteiger partial charge in [0.15, 0.2) is 0 Å². The van der Waals surface area contributed by atoms with E-state index in [1.807, 2.05) is 36.5 Å². The Kier molecular flexibility index (Phi) is 6.23. The summed E-state index contributed by atoms with van der Waals surface area (Å²) >= 11 is 0. The topological polar surface area (TPSA) is 56.1 Å². The van der Waals surface area contributed by atoms with E-state index in [-0.39, 0.29) is 5.91 Å². The Bertz CT molecular complexity index is 652. The molecule has 0 aliphatic heterocycles. The fraction of sp³-hybridized carbons (Fsp3) is 0.500. The molecule has 0 unspecified atom stereocenters. The number of hydrogen-bond acceptors (Lipinski definition) is 3. The molecule has 1 aromatic heterocycles. The van der Waals surface area contributed by atoms with Crippen LogP contribution in [0.15, 0.2) is 42.7 Å². The van der Waals surface area contributed by atoms with Crippen molar-refractivity contribution >= 4 is 5.91 Å². The van der Waals surface area contributed by atoms with E-state index in [1.165, 1.54) is 19.3 Å². The van der Waals surface area contributed by atoms with Crippen molar-refractivity contribution in [3.8, 4) is 5.69 Å². The van der Waals surface area contributed by atoms with E-state index < -0.39 is 0 Å². The molecule has 3 rings (SSSR count). The number of aromatic nitrogens is 2. The SMILES string of the molecule is C[C@H]1CCCC[C@H]1OCCNC(=O)Cc1ccc(-n2cccn2)cc1. The molecular formula is C20H27N3O2. The third-order valence-corrected chi connectivity index (χ3v) is 4.86. The first-order valence-electron chi connectivity index (χ1n) is 9.19. The van der Waals surface area contributed by atoms with Crippen molar-refractivity contribution in [1.29, 1.82) is 0 Å². The minimum absolute atomic E-state index is 0.0344. The zero-order valence-corrected chi connectivity index (χ0v) is 14.9. The van der Waals surface area contributed by atoms with Gasteiger partial charge in [-0.25, -0.2) is 4.68 Å². The molecule has 0 spiro atoms. The molecule has 2 atom stereocenters. The van der Waals surface area contributed by atoms with E-state index in [1.54, 1.807) is 10.9 Å². The van der Waals surface area contributed by atoms with Gasteiger partial charge in [0.05, 0.1) is 24.8 Å². The van der Waals surface area contributed by atoms with Crippen molar-refractivity contribution in [1.82, 2.24) is 15.1 Å². The first-order chi connectivity index (χ1) is 12.2. The molecular weight excluding hydrogens is 314 g/mol. The van der Waals surface area contributed by atoms with Gasteiger partial charge in [-0.05, 0) is 42.5 Å². The zero-order chi connectivity index (χ0) is 17.5. The van der Waals surface area contributed by atoms with Gasteiger partial charge in [0.1, 0.15) is 0 Å². The molecule has 0 radical (unpaired) electrons. The van der Waals surface area contributed by atoms with E-state index in [4.69, 9.17) is 4.74 Å². The molecule has 1 saturated carbocycles. The lowest BCUT2D eigenvalue weighted by Gasteiger charge is -2.28. The number of rotatable bonds is 7. The fourth-order valence-corrected chi connectivity index (χ4v) is 3.37. The van der Waals surface area contributed by atoms with Crippen LogP contribution in [0.5, 0.6) is 0 Å². The van der Waals surface area contributed by atoms with Crippen molar-refractivity contribution in [2.24, 2.45) is 5.92 Å². The maximum Gasteiger partial charge on any atom is 0.224 e. The second kappa shape index (κ2) is 8.81. The summed E-state index contributed by atoms with van der Waals surface area (Å²) in [7, 11) is 0. The van der Waals surface area contributed by atoms with E-state index >= 15 is 0 Å². The second-order valence-corrected chi connectivity index (χ2v) is 6.81. The Morgan fingerprint density at radius 2 is 2.08 bits per heavy atom. The molecule has 134 valence electrons. The highest BCUT2D eigenvalue weighted by Gasteiger charge is 2.21. The standard InChI is InChI=1S/C20H27N3O2/c1-16-5-2-3-6-19(16)25-14-12-21-20(24)15-17-7-9-18(10-8-17)23-13-4-11-22-23/h4,7-11,13,16,19H,2-3,5-6,12,14-15H2,1H3,(H,21,24)/t16-,19+/m0/s1. The highest BCUT2D eigenvalue weighted by molar-refractivity contribution is 5.78. The minimum Gasteiger partial charge on any atom is -0.376 e. The van der Waals surface area contributed by atoms with Crippen molar-refractivity contribution in [2.45, 2.75) is 45.1 Å². The third kappa shape index (κ3) is 5.16. The Labute approximate surface area is 149 Å². The Morgan fingerprint density at radius 3 is 2.80 bits per heavy atom. The van der Waals surface area contributed by atoms with Gasteiger partial charge in [-0.3, -0.25) is 4.79 Å². The van der Waals surface area contributed by atoms with Crippen LogP contribution >= 0.6 is 0 Å². The molecule has 1 heterocycles. The molecule has 0 saturated heterocycles. The van der Waals surface area contributed by atoms with Gasteiger partial charge in [-0.15, -0.1) is 0 Å². The molecule has 2 aromatic rings. The lowest BCUT2D eigenvalue weighted by Crippen LogP contribution is -2.32. The van der Waals surface area contributed by atoms with Crippen LogP contribution in [0, 0.1) is 5.92 Å². The average molecular weight is 341 g/mol. The van der Waals surface area contributed by atoms with Gasteiger partial charge in [-0.1, -0.05) is 31.9 Å². The Hall–Kier alpha value is -2.14. The van der Waals surface area contributed by atoms with Crippen molar-refractivity contribution < 1.29 is 9.53 Å². The van der Waals surface area contributed by atoms with Gasteiger partial charge in [0.2, 0.25) is 5.91 Å². The second-order valence-electron chi connectivity index (χ2n) is 6.81. The summed E-state index contributed by atoms with van der Waals surface area (Å²) in [5, 5.41) is 7.14. The smallest absolute Gasteiger partial charge is 0.224 e. The van der Waals surface area contributed by atoms with Gasteiger partial charge >= 0.3 is 0 Å². The summed E-state index contributed by atoms with van der Waals surface area (Å²) in [5.41, 5.74) is 1.99. The van der Waals surface area contributed by atoms with Gasteiger partial charge in [0.25, 0.3) is 0 Å². The molecule has 1 aromatic carbocycles. The molecule has 1 amide bonds. The fourth-order valence-electron chi connectivity index (χ4n) is 3.37. The number of nitrogens with one attached hydrogen (secondary N) is 1. The molecule has 5 nitrogen and oxygen atoms in total. The predicted octanol–water partition coefficient (Wildman–Crippen LogP) is 3.13. The minimum atomic E-state index is 0.0344. The van der Waals surface area contributed by atoms with Crippen molar-refractivity contribution in [3.05, 3.63) is 48.3 Å². The molecule has 1 fully saturated rings. The van der Waals surface area contributed by atoms with Gasteiger partial charge in [0, 0.05) is 18.9 Å². The quantitative estimate of drug-likeness (QED) is 0.787. The van der Waals surface area contributed by atoms with Crippen molar-refractivity contribution in [3.63, 3.8) is 0 Å². The summed E-state index contributed by atoms with van der Waals surface area (Å²) in [6, 6.07) is 9.78. The van der Waals surface area contributed by atoms with Gasteiger partial charge in [-0.2, -0.15) is 5.10 Å². The average Bonchev–Trinajstić information content (AvgIpc) is 3.15. The Morgan fingerprint density at radius 1 is 1.28 bits per heavy atom.